The average molecular weight is 195 g/mol. The van der Waals surface area contributed by atoms with Crippen LogP contribution in [0.1, 0.15) is 26.7 Å². The Kier molecular flexibility index (Phi) is 4.84. The third kappa shape index (κ3) is 5.09. The Labute approximate surface area is 72.1 Å². The van der Waals surface area contributed by atoms with Crippen molar-refractivity contribution in [3.05, 3.63) is 0 Å². The minimum Gasteiger partial charge on any atom is -0.356 e. The van der Waals surface area contributed by atoms with Crippen LogP contribution in [0.3, 0.4) is 0 Å². The summed E-state index contributed by atoms with van der Waals surface area (Å²) >= 11 is 0. The molecule has 0 aromatic heterocycles. The molecule has 0 rings (SSSR count). The standard InChI is InChI=1S/C6H13NO4S/c1-3-5-6(8)11-7-12(9,10)4-2/h7H,3-5H2,1-2H3. The number of nitrogens with one attached hydrogen (secondary N) is 1. The number of carbonyl (C=O) groups is 1. The SMILES string of the molecule is CCCC(=O)ONS(=O)(=O)CC. The van der Waals surface area contributed by atoms with E-state index in [0.29, 0.717) is 6.42 Å². The summed E-state index contributed by atoms with van der Waals surface area (Å²) in [5.74, 6) is -0.665. The zero-order chi connectivity index (χ0) is 9.61. The van der Waals surface area contributed by atoms with Gasteiger partial charge in [-0.3, -0.25) is 4.79 Å². The van der Waals surface area contributed by atoms with Gasteiger partial charge in [-0.05, 0) is 18.2 Å². The Morgan fingerprint density at radius 1 is 1.42 bits per heavy atom. The van der Waals surface area contributed by atoms with E-state index in [2.05, 4.69) is 4.84 Å². The van der Waals surface area contributed by atoms with E-state index in [1.54, 1.807) is 11.8 Å². The monoisotopic (exact) mass is 195 g/mol. The van der Waals surface area contributed by atoms with Crippen molar-refractivity contribution in [3.63, 3.8) is 0 Å². The molecule has 0 heterocycles. The smallest absolute Gasteiger partial charge is 0.326 e. The van der Waals surface area contributed by atoms with E-state index in [1.165, 1.54) is 6.92 Å². The van der Waals surface area contributed by atoms with Gasteiger partial charge in [0, 0.05) is 6.42 Å². The molecule has 0 radical (unpaired) electrons. The molecule has 0 amide bonds. The fraction of sp³-hybridized carbons (Fsp3) is 0.833. The molecule has 0 aliphatic carbocycles. The lowest BCUT2D eigenvalue weighted by molar-refractivity contribution is -0.147. The second-order valence-electron chi connectivity index (χ2n) is 2.21. The van der Waals surface area contributed by atoms with Gasteiger partial charge in [0.15, 0.2) is 0 Å². The van der Waals surface area contributed by atoms with Crippen LogP contribution in [0, 0.1) is 0 Å². The maximum Gasteiger partial charge on any atom is 0.326 e. The average Bonchev–Trinajstić information content (AvgIpc) is 2.02. The first kappa shape index (κ1) is 11.4. The number of carbonyl (C=O) groups excluding carboxylic acids is 1. The first-order valence-corrected chi connectivity index (χ1v) is 5.36. The van der Waals surface area contributed by atoms with Gasteiger partial charge in [0.05, 0.1) is 5.75 Å². The Bertz CT molecular complexity index is 234. The molecule has 0 saturated carbocycles. The Morgan fingerprint density at radius 2 is 2.00 bits per heavy atom. The van der Waals surface area contributed by atoms with Gasteiger partial charge in [-0.25, -0.2) is 8.42 Å². The molecule has 0 fully saturated rings. The molecule has 0 aliphatic rings. The molecule has 5 nitrogen and oxygen atoms in total. The molecule has 72 valence electrons. The van der Waals surface area contributed by atoms with Gasteiger partial charge in [0.25, 0.3) is 0 Å². The van der Waals surface area contributed by atoms with Crippen molar-refractivity contribution in [2.24, 2.45) is 0 Å². The molecule has 0 spiro atoms. The van der Waals surface area contributed by atoms with E-state index in [4.69, 9.17) is 0 Å². The second-order valence-corrected chi connectivity index (χ2v) is 4.18. The zero-order valence-corrected chi connectivity index (χ0v) is 7.98. The van der Waals surface area contributed by atoms with E-state index in [-0.39, 0.29) is 12.2 Å². The number of sulfonamides is 1. The van der Waals surface area contributed by atoms with E-state index in [1.807, 2.05) is 0 Å². The van der Waals surface area contributed by atoms with Crippen LogP contribution in [0.4, 0.5) is 0 Å². The number of hydrogen-bond acceptors (Lipinski definition) is 4. The summed E-state index contributed by atoms with van der Waals surface area (Å²) in [6.07, 6.45) is 0.846. The van der Waals surface area contributed by atoms with Crippen molar-refractivity contribution in [1.29, 1.82) is 0 Å². The summed E-state index contributed by atoms with van der Waals surface area (Å²) in [7, 11) is -3.43. The van der Waals surface area contributed by atoms with E-state index >= 15 is 0 Å². The lowest BCUT2D eigenvalue weighted by atomic mass is 10.3. The molecule has 0 unspecified atom stereocenters. The fourth-order valence-corrected chi connectivity index (χ4v) is 0.762. The lowest BCUT2D eigenvalue weighted by Gasteiger charge is -2.03. The molecule has 12 heavy (non-hydrogen) atoms. The van der Waals surface area contributed by atoms with Crippen molar-refractivity contribution in [1.82, 2.24) is 4.89 Å². The zero-order valence-electron chi connectivity index (χ0n) is 7.16. The molecular weight excluding hydrogens is 182 g/mol. The minimum atomic E-state index is -3.43. The van der Waals surface area contributed by atoms with Crippen molar-refractivity contribution in [2.45, 2.75) is 26.7 Å². The molecule has 6 heteroatoms. The van der Waals surface area contributed by atoms with Gasteiger partial charge in [0.1, 0.15) is 0 Å². The van der Waals surface area contributed by atoms with Crippen molar-refractivity contribution in [3.8, 4) is 0 Å². The van der Waals surface area contributed by atoms with Crippen LogP contribution in [-0.4, -0.2) is 20.1 Å². The van der Waals surface area contributed by atoms with E-state index in [0.717, 1.165) is 0 Å². The highest BCUT2D eigenvalue weighted by molar-refractivity contribution is 7.89. The summed E-state index contributed by atoms with van der Waals surface area (Å²) in [5, 5.41) is 0. The van der Waals surface area contributed by atoms with Gasteiger partial charge in [-0.15, -0.1) is 0 Å². The summed E-state index contributed by atoms with van der Waals surface area (Å²) in [5.41, 5.74) is 0. The van der Waals surface area contributed by atoms with Crippen molar-refractivity contribution >= 4 is 16.0 Å². The third-order valence-electron chi connectivity index (χ3n) is 1.12. The Morgan fingerprint density at radius 3 is 2.42 bits per heavy atom. The summed E-state index contributed by atoms with van der Waals surface area (Å²) < 4.78 is 21.4. The number of hydrogen-bond donors (Lipinski definition) is 1. The van der Waals surface area contributed by atoms with Crippen LogP contribution >= 0.6 is 0 Å². The number of rotatable bonds is 5. The van der Waals surface area contributed by atoms with Crippen LogP contribution < -0.4 is 4.89 Å². The molecule has 1 N–H and O–H groups in total. The molecular formula is C6H13NO4S. The van der Waals surface area contributed by atoms with E-state index < -0.39 is 16.0 Å². The highest BCUT2D eigenvalue weighted by Gasteiger charge is 2.09. The van der Waals surface area contributed by atoms with Gasteiger partial charge < -0.3 is 4.84 Å². The van der Waals surface area contributed by atoms with Gasteiger partial charge in [0.2, 0.25) is 10.0 Å². The Hall–Kier alpha value is -0.620. The largest absolute Gasteiger partial charge is 0.356 e. The van der Waals surface area contributed by atoms with Crippen LogP contribution in [0.25, 0.3) is 0 Å². The first-order chi connectivity index (χ1) is 5.52. The Balaban J connectivity index is 3.76. The molecule has 0 bridgehead atoms. The summed E-state index contributed by atoms with van der Waals surface area (Å²) in [6.45, 7) is 3.26. The predicted molar refractivity (Wildman–Crippen MR) is 43.6 cm³/mol. The second kappa shape index (κ2) is 5.10. The van der Waals surface area contributed by atoms with Crippen LogP contribution in [0.2, 0.25) is 0 Å². The molecule has 0 saturated heterocycles. The van der Waals surface area contributed by atoms with Crippen LogP contribution in [0.15, 0.2) is 0 Å². The molecule has 0 atom stereocenters. The van der Waals surface area contributed by atoms with Gasteiger partial charge in [-0.1, -0.05) is 6.92 Å². The minimum absolute atomic E-state index is 0.105. The van der Waals surface area contributed by atoms with Crippen molar-refractivity contribution in [2.75, 3.05) is 5.75 Å². The summed E-state index contributed by atoms with van der Waals surface area (Å²) in [4.78, 5) is 16.6. The fourth-order valence-electron chi connectivity index (χ4n) is 0.424. The van der Waals surface area contributed by atoms with Gasteiger partial charge >= 0.3 is 5.97 Å². The lowest BCUT2D eigenvalue weighted by Crippen LogP contribution is -2.28. The molecule has 0 aliphatic heterocycles. The first-order valence-electron chi connectivity index (χ1n) is 3.71. The highest BCUT2D eigenvalue weighted by Crippen LogP contribution is 1.90. The molecule has 0 aromatic carbocycles. The predicted octanol–water partition coefficient (Wildman–Crippen LogP) is 0.184. The van der Waals surface area contributed by atoms with Crippen LogP contribution in [-0.2, 0) is 19.7 Å². The van der Waals surface area contributed by atoms with E-state index in [9.17, 15) is 13.2 Å². The molecule has 0 aromatic rings. The normalized spacial score (nSPS) is 11.2. The van der Waals surface area contributed by atoms with Crippen molar-refractivity contribution < 1.29 is 18.0 Å². The summed E-state index contributed by atoms with van der Waals surface area (Å²) in [6, 6.07) is 0. The third-order valence-corrected chi connectivity index (χ3v) is 2.21. The topological polar surface area (TPSA) is 72.5 Å². The maximum absolute atomic E-state index is 10.7. The van der Waals surface area contributed by atoms with Gasteiger partial charge in [-0.2, -0.15) is 0 Å². The van der Waals surface area contributed by atoms with Crippen LogP contribution in [0.5, 0.6) is 0 Å². The maximum atomic E-state index is 10.7. The quantitative estimate of drug-likeness (QED) is 0.635. The highest BCUT2D eigenvalue weighted by atomic mass is 32.2.